The fourth-order valence-corrected chi connectivity index (χ4v) is 1.44. The van der Waals surface area contributed by atoms with E-state index >= 15 is 0 Å². The zero-order valence-corrected chi connectivity index (χ0v) is 8.99. The highest BCUT2D eigenvalue weighted by Crippen LogP contribution is 2.11. The van der Waals surface area contributed by atoms with E-state index in [1.807, 2.05) is 24.3 Å². The van der Waals surface area contributed by atoms with Crippen LogP contribution in [0, 0.1) is 0 Å². The summed E-state index contributed by atoms with van der Waals surface area (Å²) >= 11 is 3.31. The molecule has 0 radical (unpaired) electrons. The second-order valence-corrected chi connectivity index (χ2v) is 3.64. The van der Waals surface area contributed by atoms with Gasteiger partial charge >= 0.3 is 0 Å². The van der Waals surface area contributed by atoms with Crippen molar-refractivity contribution >= 4 is 21.7 Å². The third-order valence-corrected chi connectivity index (χ3v) is 2.21. The van der Waals surface area contributed by atoms with Crippen molar-refractivity contribution in [1.82, 2.24) is 4.98 Å². The largest absolute Gasteiger partial charge is 0.472 e. The van der Waals surface area contributed by atoms with Crippen LogP contribution in [0.5, 0.6) is 0 Å². The molecule has 2 heterocycles. The first-order valence-corrected chi connectivity index (χ1v) is 5.01. The van der Waals surface area contributed by atoms with Gasteiger partial charge in [-0.25, -0.2) is 4.98 Å². The molecule has 2 aromatic heterocycles. The van der Waals surface area contributed by atoms with Gasteiger partial charge in [0.25, 0.3) is 0 Å². The van der Waals surface area contributed by atoms with Crippen LogP contribution in [0.3, 0.4) is 0 Å². The molecule has 0 atom stereocenters. The maximum absolute atomic E-state index is 4.96. The first kappa shape index (κ1) is 9.27. The topological polar surface area (TPSA) is 38.1 Å². The van der Waals surface area contributed by atoms with Crippen LogP contribution >= 0.6 is 15.9 Å². The molecule has 0 unspecified atom stereocenters. The maximum atomic E-state index is 4.96. The quantitative estimate of drug-likeness (QED) is 0.854. The molecular formula is C10H9BrN2O. The fourth-order valence-electron chi connectivity index (χ4n) is 1.09. The predicted octanol–water partition coefficient (Wildman–Crippen LogP) is 3.05. The van der Waals surface area contributed by atoms with Gasteiger partial charge in [-0.1, -0.05) is 6.07 Å². The molecular weight excluding hydrogens is 244 g/mol. The number of nitrogens with one attached hydrogen (secondary N) is 1. The van der Waals surface area contributed by atoms with E-state index < -0.39 is 0 Å². The fraction of sp³-hybridized carbons (Fsp3) is 0.100. The van der Waals surface area contributed by atoms with Gasteiger partial charge in [-0.3, -0.25) is 0 Å². The zero-order valence-electron chi connectivity index (χ0n) is 7.40. The monoisotopic (exact) mass is 252 g/mol. The van der Waals surface area contributed by atoms with Crippen molar-refractivity contribution in [2.24, 2.45) is 0 Å². The van der Waals surface area contributed by atoms with Gasteiger partial charge in [-0.05, 0) is 34.1 Å². The van der Waals surface area contributed by atoms with Crippen molar-refractivity contribution in [2.45, 2.75) is 6.54 Å². The zero-order chi connectivity index (χ0) is 9.80. The Hall–Kier alpha value is -1.29. The smallest absolute Gasteiger partial charge is 0.127 e. The molecule has 2 aromatic rings. The van der Waals surface area contributed by atoms with Crippen molar-refractivity contribution in [2.75, 3.05) is 5.32 Å². The van der Waals surface area contributed by atoms with E-state index in [2.05, 4.69) is 26.2 Å². The Morgan fingerprint density at radius 2 is 2.29 bits per heavy atom. The minimum atomic E-state index is 0.722. The molecule has 4 heteroatoms. The van der Waals surface area contributed by atoms with Gasteiger partial charge in [-0.15, -0.1) is 0 Å². The van der Waals surface area contributed by atoms with Gasteiger partial charge in [0.1, 0.15) is 10.4 Å². The molecule has 0 bridgehead atoms. The minimum absolute atomic E-state index is 0.722. The molecule has 72 valence electrons. The third-order valence-electron chi connectivity index (χ3n) is 1.77. The van der Waals surface area contributed by atoms with Gasteiger partial charge in [0.2, 0.25) is 0 Å². The summed E-state index contributed by atoms with van der Waals surface area (Å²) in [6, 6.07) is 7.67. The third kappa shape index (κ3) is 2.35. The number of pyridine rings is 1. The Balaban J connectivity index is 1.98. The van der Waals surface area contributed by atoms with Crippen LogP contribution in [-0.2, 0) is 6.54 Å². The highest BCUT2D eigenvalue weighted by Gasteiger charge is 1.96. The lowest BCUT2D eigenvalue weighted by atomic mass is 10.3. The van der Waals surface area contributed by atoms with Crippen LogP contribution in [0.25, 0.3) is 0 Å². The first-order valence-electron chi connectivity index (χ1n) is 4.22. The molecule has 0 saturated carbocycles. The summed E-state index contributed by atoms with van der Waals surface area (Å²) in [6.45, 7) is 0.722. The molecule has 0 saturated heterocycles. The predicted molar refractivity (Wildman–Crippen MR) is 58.0 cm³/mol. The number of halogens is 1. The van der Waals surface area contributed by atoms with Crippen LogP contribution in [0.15, 0.2) is 45.8 Å². The standard InChI is InChI=1S/C10H9BrN2O/c11-9-2-1-3-10(13-9)12-6-8-4-5-14-7-8/h1-5,7H,6H2,(H,12,13). The number of anilines is 1. The summed E-state index contributed by atoms with van der Waals surface area (Å²) in [5.74, 6) is 0.848. The van der Waals surface area contributed by atoms with Gasteiger partial charge in [0.15, 0.2) is 0 Å². The van der Waals surface area contributed by atoms with E-state index in [0.717, 1.165) is 22.5 Å². The second kappa shape index (κ2) is 4.28. The minimum Gasteiger partial charge on any atom is -0.472 e. The van der Waals surface area contributed by atoms with E-state index in [4.69, 9.17) is 4.42 Å². The van der Waals surface area contributed by atoms with Crippen molar-refractivity contribution in [3.8, 4) is 0 Å². The second-order valence-electron chi connectivity index (χ2n) is 2.83. The number of hydrogen-bond acceptors (Lipinski definition) is 3. The summed E-state index contributed by atoms with van der Waals surface area (Å²) in [5.41, 5.74) is 1.10. The summed E-state index contributed by atoms with van der Waals surface area (Å²) in [5, 5.41) is 3.19. The molecule has 3 nitrogen and oxygen atoms in total. The molecule has 0 aromatic carbocycles. The summed E-state index contributed by atoms with van der Waals surface area (Å²) < 4.78 is 5.79. The van der Waals surface area contributed by atoms with Crippen molar-refractivity contribution < 1.29 is 4.42 Å². The molecule has 1 N–H and O–H groups in total. The lowest BCUT2D eigenvalue weighted by molar-refractivity contribution is 0.564. The lowest BCUT2D eigenvalue weighted by Crippen LogP contribution is -1.99. The summed E-state index contributed by atoms with van der Waals surface area (Å²) in [7, 11) is 0. The van der Waals surface area contributed by atoms with Crippen molar-refractivity contribution in [1.29, 1.82) is 0 Å². The van der Waals surface area contributed by atoms with Gasteiger partial charge < -0.3 is 9.73 Å². The van der Waals surface area contributed by atoms with Crippen molar-refractivity contribution in [3.05, 3.63) is 47.0 Å². The Morgan fingerprint density at radius 3 is 3.00 bits per heavy atom. The molecule has 2 rings (SSSR count). The highest BCUT2D eigenvalue weighted by atomic mass is 79.9. The average molecular weight is 253 g/mol. The normalized spacial score (nSPS) is 10.1. The summed E-state index contributed by atoms with van der Waals surface area (Å²) in [6.07, 6.45) is 3.37. The first-order chi connectivity index (χ1) is 6.84. The van der Waals surface area contributed by atoms with Crippen LogP contribution in [0.2, 0.25) is 0 Å². The number of rotatable bonds is 3. The van der Waals surface area contributed by atoms with E-state index in [0.29, 0.717) is 0 Å². The molecule has 14 heavy (non-hydrogen) atoms. The molecule has 0 amide bonds. The Morgan fingerprint density at radius 1 is 1.36 bits per heavy atom. The SMILES string of the molecule is Brc1cccc(NCc2ccoc2)n1. The van der Waals surface area contributed by atoms with Crippen molar-refractivity contribution in [3.63, 3.8) is 0 Å². The van der Waals surface area contributed by atoms with Gasteiger partial charge in [-0.2, -0.15) is 0 Å². The highest BCUT2D eigenvalue weighted by molar-refractivity contribution is 9.10. The Labute approximate surface area is 90.3 Å². The molecule has 0 spiro atoms. The summed E-state index contributed by atoms with van der Waals surface area (Å²) in [4.78, 5) is 4.25. The van der Waals surface area contributed by atoms with Crippen LogP contribution in [0.4, 0.5) is 5.82 Å². The van der Waals surface area contributed by atoms with E-state index in [1.165, 1.54) is 0 Å². The molecule has 0 aliphatic rings. The number of furan rings is 1. The molecule has 0 aliphatic heterocycles. The van der Waals surface area contributed by atoms with Crippen LogP contribution < -0.4 is 5.32 Å². The van der Waals surface area contributed by atoms with E-state index in [1.54, 1.807) is 12.5 Å². The van der Waals surface area contributed by atoms with Crippen LogP contribution in [-0.4, -0.2) is 4.98 Å². The van der Waals surface area contributed by atoms with Gasteiger partial charge in [0, 0.05) is 12.1 Å². The number of nitrogens with zero attached hydrogens (tertiary/aromatic N) is 1. The molecule has 0 fully saturated rings. The Bertz CT molecular complexity index is 400. The maximum Gasteiger partial charge on any atom is 0.127 e. The number of aromatic nitrogens is 1. The lowest BCUT2D eigenvalue weighted by Gasteiger charge is -2.03. The Kier molecular flexibility index (Phi) is 2.84. The van der Waals surface area contributed by atoms with E-state index in [-0.39, 0.29) is 0 Å². The van der Waals surface area contributed by atoms with E-state index in [9.17, 15) is 0 Å². The molecule has 0 aliphatic carbocycles. The van der Waals surface area contributed by atoms with Crippen LogP contribution in [0.1, 0.15) is 5.56 Å². The number of hydrogen-bond donors (Lipinski definition) is 1. The van der Waals surface area contributed by atoms with Gasteiger partial charge in [0.05, 0.1) is 12.5 Å². The average Bonchev–Trinajstić information content (AvgIpc) is 2.67.